The van der Waals surface area contributed by atoms with Gasteiger partial charge in [-0.15, -0.1) is 0 Å². The summed E-state index contributed by atoms with van der Waals surface area (Å²) in [5, 5.41) is 34.9. The molecule has 0 saturated carbocycles. The van der Waals surface area contributed by atoms with Crippen LogP contribution in [0.4, 0.5) is 0 Å². The SMILES string of the molecule is CCOC(=O)CNC(=O)[C@H](CCCCN)NC(=O)[C@@H]1CCCN1C(=O)[C@@H]1CSSC[C@H](NC(=O)CNC(=O)CNC(=O)CN)C(=O)N[C@@H](Cc2ccc(O)cc2)C(=O)N[C@@H](Cc2ccccc2)C(=O)N[C@@H](CCC(N)=O)C(=O)N[C@@H](CC(N)=O)C(=O)N1. The molecule has 0 aromatic heterocycles. The quantitative estimate of drug-likeness (QED) is 0.0237. The van der Waals surface area contributed by atoms with E-state index in [0.29, 0.717) is 24.0 Å². The summed E-state index contributed by atoms with van der Waals surface area (Å²) in [4.78, 5) is 191. The molecule has 2 aliphatic heterocycles. The Morgan fingerprint density at radius 3 is 1.90 bits per heavy atom. The second kappa shape index (κ2) is 37.1. The zero-order chi connectivity index (χ0) is 64.0. The summed E-state index contributed by atoms with van der Waals surface area (Å²) >= 11 is 0. The molecule has 2 aliphatic rings. The van der Waals surface area contributed by atoms with E-state index >= 15 is 0 Å². The summed E-state index contributed by atoms with van der Waals surface area (Å²) in [6.07, 6.45) is -1.11. The van der Waals surface area contributed by atoms with Crippen molar-refractivity contribution in [2.45, 2.75) is 119 Å². The number of rotatable bonds is 26. The number of likely N-dealkylation sites (tertiary alicyclic amines) is 1. The number of hydrogen-bond acceptors (Lipinski definition) is 20. The standard InChI is InChI=1S/C54H77N15O16S2/c1-2-85-46(76)27-61-47(77)33(11-6-7-19-55)64-53(83)40-12-8-20-69(40)54(84)39-29-87-86-28-38(62-45(75)26-60-44(74)25-59-43(73)24-56)52(82)66-36(22-31-13-15-32(70)16-14-31)50(80)65-35(21-30-9-4-3-5-10-30)49(79)63-34(17-18-41(57)71)48(78)67-37(23-42(58)72)51(81)68-39/h3-5,9-10,13-16,33-40,70H,2,6-8,11-12,17-29,55-56H2,1H3,(H2,57,71)(H2,58,72)(H,59,73)(H,60,74)(H,61,77)(H,62,75)(H,63,79)(H,64,83)(H,65,80)(H,66,82)(H,67,78)(H,68,81)/t33-,34-,35-,36-,37-,38-,39-,40-/m0/s1. The van der Waals surface area contributed by atoms with Gasteiger partial charge in [-0.25, -0.2) is 0 Å². The summed E-state index contributed by atoms with van der Waals surface area (Å²) in [6, 6.07) is 1.49. The van der Waals surface area contributed by atoms with Crippen LogP contribution in [0.15, 0.2) is 54.6 Å². The van der Waals surface area contributed by atoms with Gasteiger partial charge in [0.15, 0.2) is 0 Å². The highest BCUT2D eigenvalue weighted by molar-refractivity contribution is 8.76. The third-order valence-corrected chi connectivity index (χ3v) is 15.7. The summed E-state index contributed by atoms with van der Waals surface area (Å²) < 4.78 is 4.90. The van der Waals surface area contributed by atoms with Crippen molar-refractivity contribution in [1.82, 2.24) is 58.1 Å². The molecule has 19 N–H and O–H groups in total. The van der Waals surface area contributed by atoms with Crippen molar-refractivity contribution < 1.29 is 77.0 Å². The number of ether oxygens (including phenoxy) is 1. The Hall–Kier alpha value is -8.56. The summed E-state index contributed by atoms with van der Waals surface area (Å²) in [5.74, 6) is -13.7. The molecule has 2 aromatic rings. The van der Waals surface area contributed by atoms with Gasteiger partial charge >= 0.3 is 5.97 Å². The maximum absolute atomic E-state index is 14.9. The van der Waals surface area contributed by atoms with Gasteiger partial charge < -0.3 is 90.8 Å². The maximum Gasteiger partial charge on any atom is 0.325 e. The number of amides is 13. The summed E-state index contributed by atoms with van der Waals surface area (Å²) in [7, 11) is 1.74. The second-order valence-corrected chi connectivity index (χ2v) is 22.6. The first-order valence-corrected chi connectivity index (χ1v) is 30.4. The Balaban J connectivity index is 1.81. The molecule has 33 heteroatoms. The molecular weight excluding hydrogens is 1180 g/mol. The molecule has 0 radical (unpaired) electrons. The van der Waals surface area contributed by atoms with Gasteiger partial charge in [-0.3, -0.25) is 67.1 Å². The fourth-order valence-electron chi connectivity index (χ4n) is 8.82. The lowest BCUT2D eigenvalue weighted by Gasteiger charge is -2.31. The number of esters is 1. The van der Waals surface area contributed by atoms with Gasteiger partial charge in [0, 0.05) is 37.3 Å². The number of hydrogen-bond donors (Lipinski definition) is 15. The van der Waals surface area contributed by atoms with E-state index in [-0.39, 0.29) is 63.3 Å². The highest BCUT2D eigenvalue weighted by Gasteiger charge is 2.41. The van der Waals surface area contributed by atoms with Gasteiger partial charge in [-0.2, -0.15) is 0 Å². The molecular formula is C54H77N15O16S2. The average Bonchev–Trinajstić information content (AvgIpc) is 3.30. The third kappa shape index (κ3) is 25.1. The Labute approximate surface area is 508 Å². The number of aromatic hydroxyl groups is 1. The topological polar surface area (TPSA) is 496 Å². The Morgan fingerprint density at radius 2 is 1.26 bits per heavy atom. The smallest absolute Gasteiger partial charge is 0.325 e. The van der Waals surface area contributed by atoms with Crippen molar-refractivity contribution in [3.8, 4) is 5.75 Å². The molecule has 476 valence electrons. The first-order chi connectivity index (χ1) is 41.5. The van der Waals surface area contributed by atoms with Crippen LogP contribution < -0.4 is 76.1 Å². The van der Waals surface area contributed by atoms with Crippen LogP contribution in [-0.2, 0) is 84.7 Å². The van der Waals surface area contributed by atoms with Crippen LogP contribution in [0.5, 0.6) is 5.75 Å². The van der Waals surface area contributed by atoms with Crippen molar-refractivity contribution in [2.75, 3.05) is 57.4 Å². The first-order valence-electron chi connectivity index (χ1n) is 27.9. The Bertz CT molecular complexity index is 2770. The lowest BCUT2D eigenvalue weighted by Crippen LogP contribution is -2.61. The maximum atomic E-state index is 14.9. The van der Waals surface area contributed by atoms with Gasteiger partial charge in [0.25, 0.3) is 0 Å². The van der Waals surface area contributed by atoms with Crippen LogP contribution in [-0.4, -0.2) is 198 Å². The number of nitrogens with zero attached hydrogens (tertiary/aromatic N) is 1. The van der Waals surface area contributed by atoms with Gasteiger partial charge in [-0.1, -0.05) is 64.1 Å². The van der Waals surface area contributed by atoms with E-state index in [4.69, 9.17) is 27.7 Å². The number of primary amides is 2. The molecule has 0 aliphatic carbocycles. The molecule has 0 unspecified atom stereocenters. The number of phenols is 1. The highest BCUT2D eigenvalue weighted by Crippen LogP contribution is 2.26. The number of unbranched alkanes of at least 4 members (excludes halogenated alkanes) is 1. The predicted octanol–water partition coefficient (Wildman–Crippen LogP) is -5.90. The van der Waals surface area contributed by atoms with E-state index in [1.807, 2.05) is 0 Å². The molecule has 0 bridgehead atoms. The van der Waals surface area contributed by atoms with Gasteiger partial charge in [-0.05, 0) is 75.3 Å². The first kappa shape index (κ1) is 70.9. The van der Waals surface area contributed by atoms with Crippen molar-refractivity contribution in [2.24, 2.45) is 22.9 Å². The lowest BCUT2D eigenvalue weighted by atomic mass is 10.0. The number of nitrogens with two attached hydrogens (primary N) is 4. The van der Waals surface area contributed by atoms with Gasteiger partial charge in [0.2, 0.25) is 76.8 Å². The van der Waals surface area contributed by atoms with E-state index in [1.165, 1.54) is 24.3 Å². The van der Waals surface area contributed by atoms with Crippen molar-refractivity contribution >= 4 is 104 Å². The fourth-order valence-corrected chi connectivity index (χ4v) is 11.1. The average molecular weight is 1260 g/mol. The van der Waals surface area contributed by atoms with E-state index in [9.17, 15) is 72.2 Å². The molecule has 0 spiro atoms. The highest BCUT2D eigenvalue weighted by atomic mass is 33.1. The van der Waals surface area contributed by atoms with Gasteiger partial charge in [0.05, 0.1) is 32.7 Å². The molecule has 4 rings (SSSR count). The zero-order valence-corrected chi connectivity index (χ0v) is 49.5. The second-order valence-electron chi connectivity index (χ2n) is 20.0. The monoisotopic (exact) mass is 1260 g/mol. The van der Waals surface area contributed by atoms with E-state index in [2.05, 4.69) is 53.2 Å². The largest absolute Gasteiger partial charge is 0.508 e. The predicted molar refractivity (Wildman–Crippen MR) is 315 cm³/mol. The van der Waals surface area contributed by atoms with Crippen LogP contribution in [0.1, 0.15) is 69.4 Å². The molecule has 2 fully saturated rings. The summed E-state index contributed by atoms with van der Waals surface area (Å²) in [5.41, 5.74) is 22.9. The molecule has 2 aromatic carbocycles. The lowest BCUT2D eigenvalue weighted by molar-refractivity contribution is -0.144. The zero-order valence-electron chi connectivity index (χ0n) is 47.9. The summed E-state index contributed by atoms with van der Waals surface area (Å²) in [6.45, 7) is -0.339. The molecule has 87 heavy (non-hydrogen) atoms. The molecule has 2 heterocycles. The van der Waals surface area contributed by atoms with Crippen LogP contribution >= 0.6 is 21.6 Å². The van der Waals surface area contributed by atoms with Crippen molar-refractivity contribution in [3.05, 3.63) is 65.7 Å². The molecule has 8 atom stereocenters. The molecule has 13 amide bonds. The van der Waals surface area contributed by atoms with Gasteiger partial charge in [0.1, 0.15) is 60.6 Å². The minimum atomic E-state index is -1.87. The normalized spacial score (nSPS) is 20.9. The number of nitrogens with one attached hydrogen (secondary N) is 10. The van der Waals surface area contributed by atoms with Crippen LogP contribution in [0.3, 0.4) is 0 Å². The number of carbonyl (C=O) groups excluding carboxylic acids is 14. The van der Waals surface area contributed by atoms with Crippen LogP contribution in [0, 0.1) is 0 Å². The number of benzene rings is 2. The molecule has 2 saturated heterocycles. The third-order valence-electron chi connectivity index (χ3n) is 13.3. The van der Waals surface area contributed by atoms with E-state index < -0.39 is 182 Å². The van der Waals surface area contributed by atoms with Crippen molar-refractivity contribution in [3.63, 3.8) is 0 Å². The van der Waals surface area contributed by atoms with E-state index in [0.717, 1.165) is 26.5 Å². The Kier molecular flexibility index (Phi) is 30.2. The minimum absolute atomic E-state index is 0.0505. The number of carbonyl (C=O) groups is 14. The minimum Gasteiger partial charge on any atom is -0.508 e. The van der Waals surface area contributed by atoms with Crippen LogP contribution in [0.25, 0.3) is 0 Å². The number of phenolic OH excluding ortho intramolecular Hbond substituents is 1. The van der Waals surface area contributed by atoms with E-state index in [1.54, 1.807) is 37.3 Å². The van der Waals surface area contributed by atoms with Crippen molar-refractivity contribution in [1.29, 1.82) is 0 Å². The Morgan fingerprint density at radius 1 is 0.678 bits per heavy atom. The molecule has 31 nitrogen and oxygen atoms in total. The van der Waals surface area contributed by atoms with Crippen LogP contribution in [0.2, 0.25) is 0 Å². The fraction of sp³-hybridized carbons (Fsp3) is 0.519.